The first-order valence-electron chi connectivity index (χ1n) is 19.1. The molecule has 13 nitrogen and oxygen atoms in total. The van der Waals surface area contributed by atoms with Crippen LogP contribution in [0.4, 0.5) is 15.9 Å². The van der Waals surface area contributed by atoms with Gasteiger partial charge in [-0.3, -0.25) is 34.3 Å². The van der Waals surface area contributed by atoms with Crippen LogP contribution < -0.4 is 25.0 Å². The zero-order valence-corrected chi connectivity index (χ0v) is 31.1. The predicted octanol–water partition coefficient (Wildman–Crippen LogP) is 4.86. The summed E-state index contributed by atoms with van der Waals surface area (Å²) in [5.74, 6) is 0.599. The summed E-state index contributed by atoms with van der Waals surface area (Å²) in [7, 11) is 0. The van der Waals surface area contributed by atoms with Crippen LogP contribution in [0, 0.1) is 0 Å². The topological polar surface area (TPSA) is 146 Å². The van der Waals surface area contributed by atoms with Gasteiger partial charge >= 0.3 is 0 Å². The Morgan fingerprint density at radius 3 is 2.12 bits per heavy atom. The van der Waals surface area contributed by atoms with Crippen molar-refractivity contribution in [3.8, 4) is 17.4 Å². The van der Waals surface area contributed by atoms with E-state index in [-0.39, 0.29) is 41.5 Å². The number of amides is 4. The van der Waals surface area contributed by atoms with Gasteiger partial charge in [-0.25, -0.2) is 4.39 Å². The molecule has 3 aromatic carbocycles. The quantitative estimate of drug-likeness (QED) is 0.202. The fourth-order valence-corrected chi connectivity index (χ4v) is 8.11. The Morgan fingerprint density at radius 2 is 1.48 bits per heavy atom. The Hall–Kier alpha value is -5.89. The molecule has 5 heterocycles. The maximum Gasteiger partial charge on any atom is 0.262 e. The normalized spacial score (nSPS) is 22.9. The number of carbonyl (C=O) groups excluding carboxylic acids is 4. The van der Waals surface area contributed by atoms with Gasteiger partial charge < -0.3 is 19.7 Å². The highest BCUT2D eigenvalue weighted by Gasteiger charge is 2.45. The number of likely N-dealkylation sites (tertiary alicyclic amines) is 1. The van der Waals surface area contributed by atoms with E-state index < -0.39 is 35.8 Å². The van der Waals surface area contributed by atoms with Crippen LogP contribution in [0.3, 0.4) is 0 Å². The SMILES string of the molecule is CC(C)(c1ccc(Oc2ccc(N3CC(N4CC(F)C4)C3)nn2)cc1)c1ccc(O[C@H]2C[C@H](Nc3ccc4c(c3)C(=O)N(C3CCC(=O)NC3=O)C4=O)C2)cc1. The summed E-state index contributed by atoms with van der Waals surface area (Å²) in [6.45, 7) is 7.10. The number of nitrogens with zero attached hydrogens (tertiary/aromatic N) is 5. The number of aromatic nitrogens is 2. The van der Waals surface area contributed by atoms with Gasteiger partial charge in [0.15, 0.2) is 5.82 Å². The highest BCUT2D eigenvalue weighted by Crippen LogP contribution is 2.36. The van der Waals surface area contributed by atoms with Gasteiger partial charge in [0.1, 0.15) is 29.8 Å². The highest BCUT2D eigenvalue weighted by molar-refractivity contribution is 6.23. The number of piperidine rings is 1. The Morgan fingerprint density at radius 1 is 0.804 bits per heavy atom. The van der Waals surface area contributed by atoms with Crippen LogP contribution in [0.15, 0.2) is 78.9 Å². The third-order valence-electron chi connectivity index (χ3n) is 11.8. The minimum Gasteiger partial charge on any atom is -0.490 e. The molecule has 56 heavy (non-hydrogen) atoms. The number of benzene rings is 3. The largest absolute Gasteiger partial charge is 0.490 e. The number of anilines is 2. The third-order valence-corrected chi connectivity index (χ3v) is 11.8. The van der Waals surface area contributed by atoms with E-state index in [0.29, 0.717) is 36.4 Å². The Kier molecular flexibility index (Phi) is 8.95. The molecule has 1 aromatic heterocycles. The average Bonchev–Trinajstić information content (AvgIpc) is 3.38. The summed E-state index contributed by atoms with van der Waals surface area (Å²) in [5, 5.41) is 14.3. The predicted molar refractivity (Wildman–Crippen MR) is 204 cm³/mol. The Balaban J connectivity index is 0.743. The number of fused-ring (bicyclic) bond motifs is 1. The van der Waals surface area contributed by atoms with Crippen LogP contribution in [-0.2, 0) is 15.0 Å². The van der Waals surface area contributed by atoms with Crippen molar-refractivity contribution >= 4 is 35.1 Å². The van der Waals surface area contributed by atoms with Crippen molar-refractivity contribution in [2.24, 2.45) is 0 Å². The minimum absolute atomic E-state index is 0.0328. The van der Waals surface area contributed by atoms with Crippen LogP contribution >= 0.6 is 0 Å². The van der Waals surface area contributed by atoms with E-state index in [1.165, 1.54) is 0 Å². The van der Waals surface area contributed by atoms with Crippen molar-refractivity contribution in [3.05, 3.63) is 101 Å². The lowest BCUT2D eigenvalue weighted by molar-refractivity contribution is -0.136. The third kappa shape index (κ3) is 6.71. The van der Waals surface area contributed by atoms with E-state index in [2.05, 4.69) is 68.7 Å². The molecule has 14 heteroatoms. The van der Waals surface area contributed by atoms with Crippen molar-refractivity contribution in [1.82, 2.24) is 25.3 Å². The van der Waals surface area contributed by atoms with Gasteiger partial charge in [0.25, 0.3) is 11.8 Å². The lowest BCUT2D eigenvalue weighted by Gasteiger charge is -2.50. The molecule has 0 spiro atoms. The van der Waals surface area contributed by atoms with Crippen LogP contribution in [0.2, 0.25) is 0 Å². The molecule has 4 aromatic rings. The average molecular weight is 760 g/mol. The van der Waals surface area contributed by atoms with E-state index in [1.807, 2.05) is 36.4 Å². The monoisotopic (exact) mass is 759 g/mol. The Bertz CT molecular complexity index is 2180. The molecule has 0 bridgehead atoms. The van der Waals surface area contributed by atoms with E-state index in [9.17, 15) is 23.6 Å². The van der Waals surface area contributed by atoms with Gasteiger partial charge in [-0.05, 0) is 66.1 Å². The number of nitrogens with one attached hydrogen (secondary N) is 2. The number of rotatable bonds is 11. The number of imide groups is 2. The number of carbonyl (C=O) groups is 4. The summed E-state index contributed by atoms with van der Waals surface area (Å²) in [6, 6.07) is 24.5. The zero-order valence-electron chi connectivity index (χ0n) is 31.1. The second kappa shape index (κ2) is 14.0. The maximum atomic E-state index is 13.2. The van der Waals surface area contributed by atoms with Gasteiger partial charge in [0.2, 0.25) is 17.7 Å². The van der Waals surface area contributed by atoms with Gasteiger partial charge in [0.05, 0.1) is 11.1 Å². The summed E-state index contributed by atoms with van der Waals surface area (Å²) < 4.78 is 25.4. The van der Waals surface area contributed by atoms with Gasteiger partial charge in [-0.15, -0.1) is 10.2 Å². The number of hydrogen-bond acceptors (Lipinski definition) is 11. The molecule has 4 aliphatic heterocycles. The fourth-order valence-electron chi connectivity index (χ4n) is 8.11. The van der Waals surface area contributed by atoms with Crippen molar-refractivity contribution in [2.45, 2.75) is 75.3 Å². The first-order valence-corrected chi connectivity index (χ1v) is 19.1. The molecule has 0 radical (unpaired) electrons. The van der Waals surface area contributed by atoms with Gasteiger partial charge in [-0.2, -0.15) is 0 Å². The number of hydrogen-bond donors (Lipinski definition) is 2. The molecule has 1 aliphatic carbocycles. The van der Waals surface area contributed by atoms with Crippen LogP contribution in [0.1, 0.15) is 71.4 Å². The Labute approximate surface area is 323 Å². The fraction of sp³-hybridized carbons (Fsp3) is 0.381. The van der Waals surface area contributed by atoms with Gasteiger partial charge in [-0.1, -0.05) is 38.1 Å². The number of ether oxygens (including phenoxy) is 2. The highest BCUT2D eigenvalue weighted by atomic mass is 19.1. The molecular weight excluding hydrogens is 718 g/mol. The summed E-state index contributed by atoms with van der Waals surface area (Å²) >= 11 is 0. The van der Waals surface area contributed by atoms with Crippen LogP contribution in [0.5, 0.6) is 17.4 Å². The zero-order chi connectivity index (χ0) is 38.7. The summed E-state index contributed by atoms with van der Waals surface area (Å²) in [5.41, 5.74) is 3.21. The maximum absolute atomic E-state index is 13.2. The van der Waals surface area contributed by atoms with Crippen molar-refractivity contribution < 1.29 is 33.0 Å². The molecule has 9 rings (SSSR count). The molecule has 288 valence electrons. The van der Waals surface area contributed by atoms with E-state index in [4.69, 9.17) is 9.47 Å². The van der Waals surface area contributed by atoms with E-state index in [1.54, 1.807) is 18.2 Å². The lowest BCUT2D eigenvalue weighted by Crippen LogP contribution is -2.66. The van der Waals surface area contributed by atoms with E-state index >= 15 is 0 Å². The molecule has 3 saturated heterocycles. The molecular formula is C42H42FN7O6. The summed E-state index contributed by atoms with van der Waals surface area (Å²) in [4.78, 5) is 55.4. The van der Waals surface area contributed by atoms with Crippen LogP contribution in [0.25, 0.3) is 0 Å². The minimum atomic E-state index is -0.991. The van der Waals surface area contributed by atoms with Crippen molar-refractivity contribution in [3.63, 3.8) is 0 Å². The van der Waals surface area contributed by atoms with Crippen molar-refractivity contribution in [1.29, 1.82) is 0 Å². The smallest absolute Gasteiger partial charge is 0.262 e. The molecule has 1 atom stereocenters. The van der Waals surface area contributed by atoms with E-state index in [0.717, 1.165) is 53.5 Å². The first kappa shape index (κ1) is 35.8. The summed E-state index contributed by atoms with van der Waals surface area (Å²) in [6.07, 6.45) is 1.08. The van der Waals surface area contributed by atoms with Crippen molar-refractivity contribution in [2.75, 3.05) is 36.4 Å². The molecule has 2 N–H and O–H groups in total. The molecule has 4 amide bonds. The first-order chi connectivity index (χ1) is 27.0. The second-order valence-electron chi connectivity index (χ2n) is 15.9. The second-order valence-corrected chi connectivity index (χ2v) is 15.9. The standard InChI is InChI=1S/C42H42FN7O6/c1-42(2,25-5-10-31(11-6-25)56-38-16-14-36(46-47-38)49-22-29(23-49)48-20-26(43)21-48)24-3-8-30(9-4-24)55-32-17-28(18-32)44-27-7-12-33-34(19-27)41(54)50(40(33)53)35-13-15-37(51)45-39(35)52/h3-12,14,16,19,26,28-29,32,35,44H,13,15,17-18,20-23H2,1-2H3,(H,45,51,52)/t28-,32-,35?. The lowest BCUT2D eigenvalue weighted by atomic mass is 9.78. The number of alkyl halides is 1. The molecule has 5 aliphatic rings. The number of halogens is 1. The van der Waals surface area contributed by atoms with Crippen LogP contribution in [-0.4, -0.2) is 100 Å². The molecule has 4 fully saturated rings. The molecule has 1 unspecified atom stereocenters. The van der Waals surface area contributed by atoms with Gasteiger partial charge in [0, 0.05) is 74.7 Å². The molecule has 1 saturated carbocycles.